The van der Waals surface area contributed by atoms with Crippen LogP contribution in [-0.4, -0.2) is 27.0 Å². The van der Waals surface area contributed by atoms with Gasteiger partial charge in [-0.3, -0.25) is 14.2 Å². The number of amides is 1. The summed E-state index contributed by atoms with van der Waals surface area (Å²) in [6.45, 7) is 3.16. The fourth-order valence-electron chi connectivity index (χ4n) is 4.18. The van der Waals surface area contributed by atoms with Crippen molar-refractivity contribution < 1.29 is 4.79 Å². The molecular formula is C23H24N4O2S2. The maximum Gasteiger partial charge on any atom is 0.262 e. The molecule has 0 radical (unpaired) electrons. The number of aromatic nitrogens is 3. The van der Waals surface area contributed by atoms with Crippen molar-refractivity contribution in [3.8, 4) is 0 Å². The first kappa shape index (κ1) is 20.3. The number of nitrogens with one attached hydrogen (secondary N) is 1. The van der Waals surface area contributed by atoms with E-state index in [4.69, 9.17) is 4.98 Å². The van der Waals surface area contributed by atoms with Crippen LogP contribution in [0.15, 0.2) is 29.1 Å². The van der Waals surface area contributed by atoms with E-state index in [-0.39, 0.29) is 11.5 Å². The van der Waals surface area contributed by atoms with Crippen molar-refractivity contribution in [2.24, 2.45) is 0 Å². The highest BCUT2D eigenvalue weighted by molar-refractivity contribution is 7.20. The van der Waals surface area contributed by atoms with Gasteiger partial charge >= 0.3 is 0 Å². The van der Waals surface area contributed by atoms with Gasteiger partial charge < -0.3 is 5.32 Å². The van der Waals surface area contributed by atoms with Crippen LogP contribution in [0, 0.1) is 6.92 Å². The molecule has 1 amide bonds. The second-order valence-corrected chi connectivity index (χ2v) is 10.1. The van der Waals surface area contributed by atoms with Crippen molar-refractivity contribution in [2.75, 3.05) is 6.54 Å². The number of aryl methyl sites for hydroxylation is 3. The van der Waals surface area contributed by atoms with Gasteiger partial charge in [-0.25, -0.2) is 9.97 Å². The maximum atomic E-state index is 13.1. The number of hydrogen-bond acceptors (Lipinski definition) is 6. The van der Waals surface area contributed by atoms with Gasteiger partial charge in [0.15, 0.2) is 0 Å². The molecule has 160 valence electrons. The predicted molar refractivity (Wildman–Crippen MR) is 126 cm³/mol. The number of nitrogens with zero attached hydrogens (tertiary/aromatic N) is 3. The Morgan fingerprint density at radius 1 is 1.16 bits per heavy atom. The number of benzene rings is 1. The zero-order valence-corrected chi connectivity index (χ0v) is 19.1. The molecular weight excluding hydrogens is 428 g/mol. The predicted octanol–water partition coefficient (Wildman–Crippen LogP) is 4.47. The van der Waals surface area contributed by atoms with Gasteiger partial charge in [0.1, 0.15) is 10.7 Å². The van der Waals surface area contributed by atoms with Crippen LogP contribution in [0.3, 0.4) is 0 Å². The first-order chi connectivity index (χ1) is 15.1. The lowest BCUT2D eigenvalue weighted by Gasteiger charge is -2.08. The number of thiazole rings is 1. The number of carbonyl (C=O) groups is 1. The van der Waals surface area contributed by atoms with E-state index >= 15 is 0 Å². The average Bonchev–Trinajstić information content (AvgIpc) is 3.23. The lowest BCUT2D eigenvalue weighted by atomic mass is 10.2. The van der Waals surface area contributed by atoms with Gasteiger partial charge in [0.25, 0.3) is 11.5 Å². The van der Waals surface area contributed by atoms with Crippen molar-refractivity contribution in [3.05, 3.63) is 55.9 Å². The van der Waals surface area contributed by atoms with Crippen LogP contribution in [0.25, 0.3) is 20.4 Å². The summed E-state index contributed by atoms with van der Waals surface area (Å²) >= 11 is 3.04. The molecule has 0 spiro atoms. The molecule has 1 aliphatic rings. The monoisotopic (exact) mass is 452 g/mol. The molecule has 0 bridgehead atoms. The lowest BCUT2D eigenvalue weighted by molar-refractivity contribution is 0.0957. The fraction of sp³-hybridized carbons (Fsp3) is 0.391. The maximum absolute atomic E-state index is 13.1. The van der Waals surface area contributed by atoms with Gasteiger partial charge in [0, 0.05) is 25.9 Å². The minimum absolute atomic E-state index is 0.00513. The molecule has 8 heteroatoms. The molecule has 1 N–H and O–H groups in total. The van der Waals surface area contributed by atoms with Gasteiger partial charge in [0.2, 0.25) is 0 Å². The summed E-state index contributed by atoms with van der Waals surface area (Å²) in [5, 5.41) is 4.71. The van der Waals surface area contributed by atoms with Crippen molar-refractivity contribution >= 4 is 49.0 Å². The zero-order chi connectivity index (χ0) is 21.4. The summed E-state index contributed by atoms with van der Waals surface area (Å²) in [5.74, 6) is 0.739. The largest absolute Gasteiger partial charge is 0.351 e. The van der Waals surface area contributed by atoms with Crippen LogP contribution >= 0.6 is 22.7 Å². The highest BCUT2D eigenvalue weighted by Gasteiger charge is 2.22. The van der Waals surface area contributed by atoms with E-state index in [2.05, 4.69) is 16.4 Å². The molecule has 4 heterocycles. The van der Waals surface area contributed by atoms with E-state index in [1.165, 1.54) is 16.0 Å². The van der Waals surface area contributed by atoms with E-state index in [0.717, 1.165) is 67.0 Å². The van der Waals surface area contributed by atoms with Gasteiger partial charge in [-0.1, -0.05) is 18.6 Å². The summed E-state index contributed by atoms with van der Waals surface area (Å²) in [6.07, 6.45) is 5.68. The quantitative estimate of drug-likeness (QED) is 0.454. The number of carbonyl (C=O) groups excluding carboxylic acids is 1. The summed E-state index contributed by atoms with van der Waals surface area (Å²) in [5.41, 5.74) is 1.79. The summed E-state index contributed by atoms with van der Waals surface area (Å²) in [7, 11) is 0. The van der Waals surface area contributed by atoms with Crippen LogP contribution in [0.5, 0.6) is 0 Å². The second-order valence-electron chi connectivity index (χ2n) is 7.97. The van der Waals surface area contributed by atoms with Crippen LogP contribution in [0.4, 0.5) is 0 Å². The smallest absolute Gasteiger partial charge is 0.262 e. The Morgan fingerprint density at radius 2 is 2.03 bits per heavy atom. The molecule has 4 aromatic rings. The third kappa shape index (κ3) is 3.90. The summed E-state index contributed by atoms with van der Waals surface area (Å²) in [4.78, 5) is 36.6. The Morgan fingerprint density at radius 3 is 2.90 bits per heavy atom. The van der Waals surface area contributed by atoms with Gasteiger partial charge in [-0.2, -0.15) is 0 Å². The standard InChI is InChI=1S/C23H24N4O2S2/c1-14-19-22(26-17-10-3-2-6-13-27(17)23(19)29)31-20(14)21(28)24-12-7-11-18-25-15-8-4-5-9-16(15)30-18/h4-5,8-9H,2-3,6-7,10-13H2,1H3,(H,24,28). The summed E-state index contributed by atoms with van der Waals surface area (Å²) < 4.78 is 3.01. The number of fused-ring (bicyclic) bond motifs is 3. The van der Waals surface area contributed by atoms with Crippen molar-refractivity contribution in [2.45, 2.75) is 52.0 Å². The zero-order valence-electron chi connectivity index (χ0n) is 17.4. The Bertz CT molecular complexity index is 1300. The van der Waals surface area contributed by atoms with Gasteiger partial charge in [-0.15, -0.1) is 22.7 Å². The Balaban J connectivity index is 1.28. The van der Waals surface area contributed by atoms with Crippen molar-refractivity contribution in [1.29, 1.82) is 0 Å². The van der Waals surface area contributed by atoms with Gasteiger partial charge in [-0.05, 0) is 43.9 Å². The van der Waals surface area contributed by atoms with Gasteiger partial charge in [0.05, 0.1) is 25.5 Å². The highest BCUT2D eigenvalue weighted by atomic mass is 32.1. The van der Waals surface area contributed by atoms with Crippen LogP contribution in [-0.2, 0) is 19.4 Å². The van der Waals surface area contributed by atoms with E-state index in [1.54, 1.807) is 11.3 Å². The van der Waals surface area contributed by atoms with Crippen LogP contribution in [0.2, 0.25) is 0 Å². The number of thiophene rings is 1. The average molecular weight is 453 g/mol. The third-order valence-corrected chi connectivity index (χ3v) is 8.09. The number of rotatable bonds is 5. The molecule has 31 heavy (non-hydrogen) atoms. The van der Waals surface area contributed by atoms with Crippen LogP contribution < -0.4 is 10.9 Å². The normalized spacial score (nSPS) is 14.0. The SMILES string of the molecule is Cc1c(C(=O)NCCCc2nc3ccccc3s2)sc2nc3n(c(=O)c12)CCCCC3. The molecule has 5 rings (SSSR count). The molecule has 0 saturated carbocycles. The first-order valence-electron chi connectivity index (χ1n) is 10.8. The second kappa shape index (κ2) is 8.51. The minimum atomic E-state index is -0.121. The van der Waals surface area contributed by atoms with E-state index < -0.39 is 0 Å². The number of hydrogen-bond donors (Lipinski definition) is 1. The topological polar surface area (TPSA) is 76.9 Å². The third-order valence-electron chi connectivity index (χ3n) is 5.81. The number of para-hydroxylation sites is 1. The van der Waals surface area contributed by atoms with Crippen molar-refractivity contribution in [3.63, 3.8) is 0 Å². The Kier molecular flexibility index (Phi) is 5.58. The van der Waals surface area contributed by atoms with Crippen molar-refractivity contribution in [1.82, 2.24) is 19.9 Å². The molecule has 3 aromatic heterocycles. The Hall–Kier alpha value is -2.58. The van der Waals surface area contributed by atoms with E-state index in [0.29, 0.717) is 21.6 Å². The molecule has 0 fully saturated rings. The Labute approximate surface area is 188 Å². The molecule has 0 atom stereocenters. The highest BCUT2D eigenvalue weighted by Crippen LogP contribution is 2.28. The molecule has 0 unspecified atom stereocenters. The lowest BCUT2D eigenvalue weighted by Crippen LogP contribution is -2.25. The molecule has 1 aromatic carbocycles. The summed E-state index contributed by atoms with van der Waals surface area (Å²) in [6, 6.07) is 8.13. The van der Waals surface area contributed by atoms with Crippen LogP contribution in [0.1, 0.15) is 51.8 Å². The van der Waals surface area contributed by atoms with E-state index in [9.17, 15) is 9.59 Å². The van der Waals surface area contributed by atoms with E-state index in [1.807, 2.05) is 29.7 Å². The minimum Gasteiger partial charge on any atom is -0.351 e. The molecule has 0 saturated heterocycles. The molecule has 0 aliphatic carbocycles. The molecule has 1 aliphatic heterocycles. The first-order valence-corrected chi connectivity index (χ1v) is 12.4. The molecule has 6 nitrogen and oxygen atoms in total. The fourth-order valence-corrected chi connectivity index (χ4v) is 6.29.